The molecule has 5 nitrogen and oxygen atoms in total. The number of ether oxygens (including phenoxy) is 1. The average Bonchev–Trinajstić information content (AvgIpc) is 2.53. The maximum atomic E-state index is 13.6. The van der Waals surface area contributed by atoms with E-state index in [0.29, 0.717) is 0 Å². The van der Waals surface area contributed by atoms with Crippen LogP contribution in [0.2, 0.25) is 0 Å². The van der Waals surface area contributed by atoms with Gasteiger partial charge in [-0.1, -0.05) is 0 Å². The maximum absolute atomic E-state index is 13.6. The fourth-order valence-corrected chi connectivity index (χ4v) is 2.62. The monoisotopic (exact) mass is 322 g/mol. The van der Waals surface area contributed by atoms with Gasteiger partial charge in [-0.25, -0.2) is 4.39 Å². The standard InChI is InChI=1S/C10H14F4O5S/c1-3-18-8(15)9(2)4-6(11)7(5-9)19-20(16,17)10(12,13)14/h6-7H,3-5H2,1-2H3/t6-,7+,9+/m1/s1. The molecule has 0 saturated heterocycles. The Labute approximate surface area is 113 Å². The van der Waals surface area contributed by atoms with Gasteiger partial charge in [0, 0.05) is 0 Å². The van der Waals surface area contributed by atoms with Crippen LogP contribution in [0.15, 0.2) is 0 Å². The minimum atomic E-state index is -5.89. The van der Waals surface area contributed by atoms with E-state index in [0.717, 1.165) is 0 Å². The third kappa shape index (κ3) is 3.40. The molecule has 0 spiro atoms. The first-order valence-corrected chi connectivity index (χ1v) is 7.14. The van der Waals surface area contributed by atoms with E-state index in [-0.39, 0.29) is 6.61 Å². The molecule has 0 heterocycles. The van der Waals surface area contributed by atoms with Crippen molar-refractivity contribution in [2.75, 3.05) is 6.61 Å². The zero-order chi connectivity index (χ0) is 15.8. The van der Waals surface area contributed by atoms with Crippen molar-refractivity contribution in [2.24, 2.45) is 5.41 Å². The van der Waals surface area contributed by atoms with Crippen molar-refractivity contribution in [2.45, 2.75) is 44.5 Å². The van der Waals surface area contributed by atoms with Crippen LogP contribution >= 0.6 is 0 Å². The number of rotatable bonds is 4. The predicted molar refractivity (Wildman–Crippen MR) is 58.7 cm³/mol. The average molecular weight is 322 g/mol. The second kappa shape index (κ2) is 5.47. The molecule has 10 heteroatoms. The summed E-state index contributed by atoms with van der Waals surface area (Å²) in [4.78, 5) is 11.6. The summed E-state index contributed by atoms with van der Waals surface area (Å²) in [6, 6.07) is 0. The summed E-state index contributed by atoms with van der Waals surface area (Å²) in [5.74, 6) is -0.793. The molecule has 20 heavy (non-hydrogen) atoms. The molecule has 0 aromatic heterocycles. The highest BCUT2D eigenvalue weighted by Crippen LogP contribution is 2.43. The van der Waals surface area contributed by atoms with Crippen LogP contribution in [0.5, 0.6) is 0 Å². The zero-order valence-corrected chi connectivity index (χ0v) is 11.6. The number of hydrogen-bond acceptors (Lipinski definition) is 5. The first kappa shape index (κ1) is 17.2. The van der Waals surface area contributed by atoms with Gasteiger partial charge in [0.2, 0.25) is 0 Å². The zero-order valence-electron chi connectivity index (χ0n) is 10.7. The van der Waals surface area contributed by atoms with Crippen molar-refractivity contribution in [3.8, 4) is 0 Å². The highest BCUT2D eigenvalue weighted by atomic mass is 32.2. The van der Waals surface area contributed by atoms with E-state index < -0.39 is 52.1 Å². The van der Waals surface area contributed by atoms with Gasteiger partial charge in [-0.15, -0.1) is 0 Å². The predicted octanol–water partition coefficient (Wildman–Crippen LogP) is 1.92. The van der Waals surface area contributed by atoms with Crippen molar-refractivity contribution in [3.63, 3.8) is 0 Å². The lowest BCUT2D eigenvalue weighted by molar-refractivity contribution is -0.154. The minimum absolute atomic E-state index is 0.0255. The summed E-state index contributed by atoms with van der Waals surface area (Å²) < 4.78 is 80.3. The molecule has 0 aliphatic heterocycles. The molecule has 0 bridgehead atoms. The molecule has 3 atom stereocenters. The summed E-state index contributed by atoms with van der Waals surface area (Å²) in [5.41, 5.74) is -7.03. The van der Waals surface area contributed by atoms with Crippen LogP contribution < -0.4 is 0 Å². The van der Waals surface area contributed by atoms with E-state index in [1.807, 2.05) is 0 Å². The first-order valence-electron chi connectivity index (χ1n) is 5.74. The SMILES string of the molecule is CCOC(=O)[C@@]1(C)C[C@@H](F)[C@@H](OS(=O)(=O)C(F)(F)F)C1. The molecule has 0 amide bonds. The molecule has 1 saturated carbocycles. The van der Waals surface area contributed by atoms with Gasteiger partial charge < -0.3 is 4.74 Å². The fourth-order valence-electron chi connectivity index (χ4n) is 2.00. The number of carbonyl (C=O) groups excluding carboxylic acids is 1. The maximum Gasteiger partial charge on any atom is 0.523 e. The first-order chi connectivity index (χ1) is 8.93. The molecule has 0 radical (unpaired) electrons. The normalized spacial score (nSPS) is 31.3. The van der Waals surface area contributed by atoms with Gasteiger partial charge in [-0.05, 0) is 26.7 Å². The molecular weight excluding hydrogens is 308 g/mol. The van der Waals surface area contributed by atoms with Crippen LogP contribution in [0.1, 0.15) is 26.7 Å². The lowest BCUT2D eigenvalue weighted by atomic mass is 9.89. The Kier molecular flexibility index (Phi) is 4.69. The fraction of sp³-hybridized carbons (Fsp3) is 0.900. The van der Waals surface area contributed by atoms with Crippen molar-refractivity contribution in [1.29, 1.82) is 0 Å². The Morgan fingerprint density at radius 1 is 1.35 bits per heavy atom. The molecular formula is C10H14F4O5S. The summed E-state index contributed by atoms with van der Waals surface area (Å²) in [6.45, 7) is 2.84. The van der Waals surface area contributed by atoms with Crippen LogP contribution in [0.25, 0.3) is 0 Å². The second-order valence-corrected chi connectivity index (χ2v) is 6.30. The highest BCUT2D eigenvalue weighted by molar-refractivity contribution is 7.87. The van der Waals surface area contributed by atoms with Gasteiger partial charge in [-0.2, -0.15) is 21.6 Å². The van der Waals surface area contributed by atoms with Gasteiger partial charge >= 0.3 is 21.6 Å². The van der Waals surface area contributed by atoms with Crippen LogP contribution in [-0.4, -0.2) is 38.8 Å². The number of esters is 1. The van der Waals surface area contributed by atoms with Crippen molar-refractivity contribution < 1.29 is 39.7 Å². The lowest BCUT2D eigenvalue weighted by Gasteiger charge is -2.21. The van der Waals surface area contributed by atoms with Gasteiger partial charge in [0.25, 0.3) is 0 Å². The van der Waals surface area contributed by atoms with Crippen molar-refractivity contribution in [3.05, 3.63) is 0 Å². The van der Waals surface area contributed by atoms with Crippen LogP contribution in [0, 0.1) is 5.41 Å². The third-order valence-corrected chi connectivity index (χ3v) is 4.07. The van der Waals surface area contributed by atoms with Crippen LogP contribution in [0.3, 0.4) is 0 Å². The topological polar surface area (TPSA) is 69.7 Å². The molecule has 1 aliphatic rings. The Bertz CT molecular complexity index is 475. The number of alkyl halides is 4. The summed E-state index contributed by atoms with van der Waals surface area (Å²) in [7, 11) is -5.89. The molecule has 1 fully saturated rings. The van der Waals surface area contributed by atoms with Crippen molar-refractivity contribution >= 4 is 16.1 Å². The van der Waals surface area contributed by atoms with Gasteiger partial charge in [0.1, 0.15) is 12.3 Å². The Morgan fingerprint density at radius 3 is 2.35 bits per heavy atom. The smallest absolute Gasteiger partial charge is 0.466 e. The van der Waals surface area contributed by atoms with E-state index in [9.17, 15) is 30.8 Å². The molecule has 1 rings (SSSR count). The van der Waals surface area contributed by atoms with Gasteiger partial charge in [-0.3, -0.25) is 8.98 Å². The van der Waals surface area contributed by atoms with E-state index in [1.54, 1.807) is 0 Å². The van der Waals surface area contributed by atoms with Gasteiger partial charge in [0.15, 0.2) is 0 Å². The third-order valence-electron chi connectivity index (χ3n) is 3.00. The Hall–Kier alpha value is -0.900. The number of halogens is 4. The van der Waals surface area contributed by atoms with E-state index in [1.165, 1.54) is 13.8 Å². The molecule has 0 N–H and O–H groups in total. The summed E-state index contributed by atoms with van der Waals surface area (Å²) >= 11 is 0. The van der Waals surface area contributed by atoms with Crippen LogP contribution in [0.4, 0.5) is 17.6 Å². The number of carbonyl (C=O) groups is 1. The molecule has 118 valence electrons. The second-order valence-electron chi connectivity index (χ2n) is 4.74. The van der Waals surface area contributed by atoms with Crippen molar-refractivity contribution in [1.82, 2.24) is 0 Å². The number of hydrogen-bond donors (Lipinski definition) is 0. The highest BCUT2D eigenvalue weighted by Gasteiger charge is 2.55. The summed E-state index contributed by atoms with van der Waals surface area (Å²) in [6.07, 6.45) is -4.80. The molecule has 0 aromatic carbocycles. The lowest BCUT2D eigenvalue weighted by Crippen LogP contribution is -2.33. The summed E-state index contributed by atoms with van der Waals surface area (Å²) in [5, 5.41) is 0. The van der Waals surface area contributed by atoms with Crippen LogP contribution in [-0.2, 0) is 23.8 Å². The van der Waals surface area contributed by atoms with E-state index in [4.69, 9.17) is 4.74 Å². The molecule has 0 aromatic rings. The Balaban J connectivity index is 2.84. The molecule has 1 aliphatic carbocycles. The largest absolute Gasteiger partial charge is 0.523 e. The minimum Gasteiger partial charge on any atom is -0.466 e. The quantitative estimate of drug-likeness (QED) is 0.342. The van der Waals surface area contributed by atoms with E-state index in [2.05, 4.69) is 4.18 Å². The Morgan fingerprint density at radius 2 is 1.90 bits per heavy atom. The van der Waals surface area contributed by atoms with E-state index >= 15 is 0 Å². The molecule has 0 unspecified atom stereocenters. The van der Waals surface area contributed by atoms with Gasteiger partial charge in [0.05, 0.1) is 12.0 Å².